The average molecular weight is 264 g/mol. The van der Waals surface area contributed by atoms with Crippen LogP contribution >= 0.6 is 0 Å². The van der Waals surface area contributed by atoms with Crippen molar-refractivity contribution in [3.8, 4) is 0 Å². The zero-order chi connectivity index (χ0) is 15.1. The van der Waals surface area contributed by atoms with E-state index in [1.807, 2.05) is 0 Å². The van der Waals surface area contributed by atoms with Crippen molar-refractivity contribution >= 4 is 24.0 Å². The van der Waals surface area contributed by atoms with Crippen LogP contribution in [0.15, 0.2) is 12.2 Å². The zero-order valence-electron chi connectivity index (χ0n) is 9.84. The minimum atomic E-state index is -1.26. The fourth-order valence-electron chi connectivity index (χ4n) is 0.143. The van der Waals surface area contributed by atoms with Gasteiger partial charge >= 0.3 is 24.0 Å². The maximum atomic E-state index is 9.55. The van der Waals surface area contributed by atoms with Crippen molar-refractivity contribution in [2.45, 2.75) is 0 Å². The number of aliphatic carboxylic acids is 2. The summed E-state index contributed by atoms with van der Waals surface area (Å²) in [7, 11) is 2.95. The highest BCUT2D eigenvalue weighted by Crippen LogP contribution is 1.70. The number of nitrogens with two attached hydrogens (primary N) is 2. The number of hydrogen-bond donors (Lipinski definition) is 6. The van der Waals surface area contributed by atoms with Crippen LogP contribution in [0.25, 0.3) is 0 Å². The molecule has 0 bridgehead atoms. The molecule has 0 aromatic carbocycles. The maximum Gasteiger partial charge on any atom is 0.328 e. The van der Waals surface area contributed by atoms with Gasteiger partial charge in [-0.3, -0.25) is 0 Å². The van der Waals surface area contributed by atoms with Crippen molar-refractivity contribution in [2.75, 3.05) is 14.1 Å². The van der Waals surface area contributed by atoms with Crippen LogP contribution in [-0.4, -0.2) is 48.3 Å². The van der Waals surface area contributed by atoms with Gasteiger partial charge < -0.3 is 32.3 Å². The summed E-state index contributed by atoms with van der Waals surface area (Å²) in [5.41, 5.74) is 9.08. The molecule has 0 radical (unpaired) electrons. The second-order valence-electron chi connectivity index (χ2n) is 2.24. The minimum Gasteiger partial charge on any atom is -0.478 e. The van der Waals surface area contributed by atoms with Gasteiger partial charge in [-0.25, -0.2) is 19.2 Å². The number of carbonyl (C=O) groups is 4. The van der Waals surface area contributed by atoms with Crippen LogP contribution < -0.4 is 22.1 Å². The van der Waals surface area contributed by atoms with Crippen LogP contribution in [0.2, 0.25) is 0 Å². The fourth-order valence-corrected chi connectivity index (χ4v) is 0.143. The Bertz CT molecular complexity index is 285. The number of carbonyl (C=O) groups excluding carboxylic acids is 2. The molecule has 4 amide bonds. The Morgan fingerprint density at radius 3 is 1.06 bits per heavy atom. The van der Waals surface area contributed by atoms with Gasteiger partial charge in [0, 0.05) is 26.2 Å². The maximum absolute atomic E-state index is 9.55. The molecule has 10 nitrogen and oxygen atoms in total. The van der Waals surface area contributed by atoms with E-state index in [1.54, 1.807) is 0 Å². The standard InChI is InChI=1S/C4H4O4.2C2H6N2O/c5-3(6)1-2-4(7)8;2*1-4-2(3)5/h1-2H,(H,5,6)(H,7,8);2*1H3,(H3,3,4,5)/b2-1+;;. The lowest BCUT2D eigenvalue weighted by Gasteiger charge is -1.80. The van der Waals surface area contributed by atoms with Gasteiger partial charge in [0.15, 0.2) is 0 Å². The molecule has 0 saturated carbocycles. The van der Waals surface area contributed by atoms with Gasteiger partial charge in [0.05, 0.1) is 0 Å². The van der Waals surface area contributed by atoms with Crippen molar-refractivity contribution in [3.63, 3.8) is 0 Å². The Morgan fingerprint density at radius 2 is 1.00 bits per heavy atom. The van der Waals surface area contributed by atoms with Crippen molar-refractivity contribution in [2.24, 2.45) is 11.5 Å². The molecule has 0 aromatic rings. The van der Waals surface area contributed by atoms with E-state index in [4.69, 9.17) is 10.2 Å². The average Bonchev–Trinajstić information content (AvgIpc) is 2.27. The van der Waals surface area contributed by atoms with Crippen LogP contribution in [-0.2, 0) is 9.59 Å². The largest absolute Gasteiger partial charge is 0.478 e. The van der Waals surface area contributed by atoms with E-state index in [2.05, 4.69) is 22.1 Å². The molecule has 0 aliphatic carbocycles. The number of hydrogen-bond acceptors (Lipinski definition) is 4. The predicted octanol–water partition coefficient (Wildman–Crippen LogP) is -1.72. The summed E-state index contributed by atoms with van der Waals surface area (Å²) in [5.74, 6) is -2.51. The Labute approximate surface area is 103 Å². The lowest BCUT2D eigenvalue weighted by molar-refractivity contribution is -0.134. The number of urea groups is 2. The third-order valence-electron chi connectivity index (χ3n) is 0.861. The van der Waals surface area contributed by atoms with Crippen molar-refractivity contribution in [1.29, 1.82) is 0 Å². The van der Waals surface area contributed by atoms with E-state index in [1.165, 1.54) is 14.1 Å². The summed E-state index contributed by atoms with van der Waals surface area (Å²) in [6.45, 7) is 0. The van der Waals surface area contributed by atoms with Crippen molar-refractivity contribution in [3.05, 3.63) is 12.2 Å². The Hall–Kier alpha value is -2.78. The molecule has 0 atom stereocenters. The normalized spacial score (nSPS) is 7.89. The van der Waals surface area contributed by atoms with Gasteiger partial charge in [0.2, 0.25) is 0 Å². The van der Waals surface area contributed by atoms with Gasteiger partial charge in [0.25, 0.3) is 0 Å². The topological polar surface area (TPSA) is 185 Å². The van der Waals surface area contributed by atoms with Gasteiger partial charge in [-0.05, 0) is 0 Å². The van der Waals surface area contributed by atoms with Crippen LogP contribution in [0, 0.1) is 0 Å². The molecular formula is C8H16N4O6. The zero-order valence-corrected chi connectivity index (χ0v) is 9.84. The Balaban J connectivity index is -0.000000197. The van der Waals surface area contributed by atoms with E-state index >= 15 is 0 Å². The van der Waals surface area contributed by atoms with Crippen LogP contribution in [0.3, 0.4) is 0 Å². The monoisotopic (exact) mass is 264 g/mol. The molecular weight excluding hydrogens is 248 g/mol. The molecule has 18 heavy (non-hydrogen) atoms. The lowest BCUT2D eigenvalue weighted by atomic mass is 10.5. The first kappa shape index (κ1) is 20.6. The molecule has 0 saturated heterocycles. The van der Waals surface area contributed by atoms with E-state index in [-0.39, 0.29) is 0 Å². The summed E-state index contributed by atoms with van der Waals surface area (Å²) in [5, 5.41) is 20.0. The van der Waals surface area contributed by atoms with Crippen molar-refractivity contribution in [1.82, 2.24) is 10.6 Å². The quantitative estimate of drug-likeness (QED) is 0.322. The summed E-state index contributed by atoms with van der Waals surface area (Å²) in [6, 6.07) is -0.991. The smallest absolute Gasteiger partial charge is 0.328 e. The molecule has 0 unspecified atom stereocenters. The number of amides is 4. The van der Waals surface area contributed by atoms with Crippen LogP contribution in [0.1, 0.15) is 0 Å². The number of carboxylic acid groups (broad SMARTS) is 2. The Morgan fingerprint density at radius 1 is 0.833 bits per heavy atom. The van der Waals surface area contributed by atoms with Gasteiger partial charge in [-0.15, -0.1) is 0 Å². The van der Waals surface area contributed by atoms with Crippen LogP contribution in [0.4, 0.5) is 9.59 Å². The Kier molecular flexibility index (Phi) is 16.3. The first-order valence-electron chi connectivity index (χ1n) is 4.25. The number of primary amides is 2. The summed E-state index contributed by atoms with van der Waals surface area (Å²) in [6.07, 6.45) is 1.12. The van der Waals surface area contributed by atoms with Gasteiger partial charge in [0.1, 0.15) is 0 Å². The highest BCUT2D eigenvalue weighted by atomic mass is 16.4. The number of rotatable bonds is 2. The molecule has 0 aromatic heterocycles. The molecule has 0 rings (SSSR count). The van der Waals surface area contributed by atoms with Crippen LogP contribution in [0.5, 0.6) is 0 Å². The minimum absolute atomic E-state index is 0.495. The highest BCUT2D eigenvalue weighted by molar-refractivity contribution is 5.89. The lowest BCUT2D eigenvalue weighted by Crippen LogP contribution is -2.24. The summed E-state index contributed by atoms with van der Waals surface area (Å²) in [4.78, 5) is 38.1. The third-order valence-corrected chi connectivity index (χ3v) is 0.861. The molecule has 0 aliphatic rings. The molecule has 0 heterocycles. The van der Waals surface area contributed by atoms with E-state index in [9.17, 15) is 19.2 Å². The second-order valence-corrected chi connectivity index (χ2v) is 2.24. The first-order chi connectivity index (χ1) is 8.17. The first-order valence-corrected chi connectivity index (χ1v) is 4.25. The van der Waals surface area contributed by atoms with Gasteiger partial charge in [-0.2, -0.15) is 0 Å². The molecule has 0 spiro atoms. The summed E-state index contributed by atoms with van der Waals surface area (Å²) < 4.78 is 0. The molecule has 0 aliphatic heterocycles. The van der Waals surface area contributed by atoms with E-state index < -0.39 is 24.0 Å². The fraction of sp³-hybridized carbons (Fsp3) is 0.250. The highest BCUT2D eigenvalue weighted by Gasteiger charge is 1.88. The predicted molar refractivity (Wildman–Crippen MR) is 61.7 cm³/mol. The van der Waals surface area contributed by atoms with Gasteiger partial charge in [-0.1, -0.05) is 0 Å². The van der Waals surface area contributed by atoms with E-state index in [0.29, 0.717) is 12.2 Å². The summed E-state index contributed by atoms with van der Waals surface area (Å²) >= 11 is 0. The molecule has 0 fully saturated rings. The number of carboxylic acids is 2. The SMILES string of the molecule is CNC(N)=O.CNC(N)=O.O=C(O)/C=C/C(=O)O. The molecule has 104 valence electrons. The second kappa shape index (κ2) is 14.2. The number of nitrogens with one attached hydrogen (secondary N) is 2. The molecule has 8 N–H and O–H groups in total. The van der Waals surface area contributed by atoms with E-state index in [0.717, 1.165) is 0 Å². The third kappa shape index (κ3) is 51.0. The van der Waals surface area contributed by atoms with Crippen molar-refractivity contribution < 1.29 is 29.4 Å². The molecule has 10 heteroatoms.